The summed E-state index contributed by atoms with van der Waals surface area (Å²) in [5.41, 5.74) is 12.5. The molecule has 2 heterocycles. The highest BCUT2D eigenvalue weighted by molar-refractivity contribution is 7.26. The van der Waals surface area contributed by atoms with E-state index in [1.807, 2.05) is 0 Å². The van der Waals surface area contributed by atoms with Crippen LogP contribution in [-0.2, 0) is 5.41 Å². The Kier molecular flexibility index (Phi) is 7.02. The van der Waals surface area contributed by atoms with Gasteiger partial charge in [-0.15, -0.1) is 11.3 Å². The van der Waals surface area contributed by atoms with Gasteiger partial charge in [0.05, 0.1) is 0 Å². The van der Waals surface area contributed by atoms with Gasteiger partial charge in [0.15, 0.2) is 17.5 Å². The van der Waals surface area contributed by atoms with Gasteiger partial charge in [-0.2, -0.15) is 0 Å². The highest BCUT2D eigenvalue weighted by atomic mass is 32.1. The minimum absolute atomic E-state index is 0.137. The van der Waals surface area contributed by atoms with Gasteiger partial charge in [0.2, 0.25) is 0 Å². The van der Waals surface area contributed by atoms with Crippen molar-refractivity contribution in [3.63, 3.8) is 0 Å². The largest absolute Gasteiger partial charge is 0.208 e. The fourth-order valence-electron chi connectivity index (χ4n) is 8.00. The molecule has 7 aromatic carbocycles. The molecule has 0 bridgehead atoms. The van der Waals surface area contributed by atoms with Crippen molar-refractivity contribution in [2.24, 2.45) is 0 Å². The van der Waals surface area contributed by atoms with Crippen molar-refractivity contribution < 1.29 is 0 Å². The van der Waals surface area contributed by atoms with Crippen LogP contribution in [0, 0.1) is 0 Å². The summed E-state index contributed by atoms with van der Waals surface area (Å²) in [6.45, 7) is 4.63. The fraction of sp³-hybridized carbons (Fsp3) is 0.0625. The van der Waals surface area contributed by atoms with E-state index in [1.54, 1.807) is 11.3 Å². The van der Waals surface area contributed by atoms with Crippen molar-refractivity contribution in [1.29, 1.82) is 0 Å². The Bertz CT molecular complexity index is 2810. The lowest BCUT2D eigenvalue weighted by Crippen LogP contribution is -2.14. The predicted molar refractivity (Wildman–Crippen MR) is 217 cm³/mol. The summed E-state index contributed by atoms with van der Waals surface area (Å²) in [6.07, 6.45) is 0. The highest BCUT2D eigenvalue weighted by Gasteiger charge is 2.37. The molecule has 52 heavy (non-hydrogen) atoms. The molecule has 2 aromatic heterocycles. The number of fused-ring (bicyclic) bond motifs is 6. The molecule has 9 aromatic rings. The van der Waals surface area contributed by atoms with E-state index in [-0.39, 0.29) is 5.41 Å². The lowest BCUT2D eigenvalue weighted by Gasteiger charge is -2.21. The van der Waals surface area contributed by atoms with Crippen molar-refractivity contribution >= 4 is 31.5 Å². The number of thiophene rings is 1. The van der Waals surface area contributed by atoms with Crippen LogP contribution in [0.2, 0.25) is 0 Å². The SMILES string of the molecule is CC1(C)c2ccccc2-c2c(-c3nc(-c4ccccc4-c4ccc(-c5ccccc5)cc4)nc(-c4cccc5c4sc4ccccc45)n3)cccc21. The average molecular weight is 684 g/mol. The van der Waals surface area contributed by atoms with Gasteiger partial charge >= 0.3 is 0 Å². The van der Waals surface area contributed by atoms with Gasteiger partial charge in [-0.3, -0.25) is 0 Å². The number of hydrogen-bond donors (Lipinski definition) is 0. The maximum Gasteiger partial charge on any atom is 0.165 e. The summed E-state index contributed by atoms with van der Waals surface area (Å²) >= 11 is 1.80. The summed E-state index contributed by atoms with van der Waals surface area (Å²) in [7, 11) is 0. The second-order valence-electron chi connectivity index (χ2n) is 14.0. The van der Waals surface area contributed by atoms with E-state index in [0.717, 1.165) is 27.8 Å². The first-order chi connectivity index (χ1) is 25.5. The molecule has 0 spiro atoms. The van der Waals surface area contributed by atoms with Gasteiger partial charge in [0, 0.05) is 42.3 Å². The molecule has 0 fully saturated rings. The number of benzene rings is 7. The van der Waals surface area contributed by atoms with Gasteiger partial charge in [0.1, 0.15) is 0 Å². The Labute approximate surface area is 307 Å². The third-order valence-corrected chi connectivity index (χ3v) is 11.8. The van der Waals surface area contributed by atoms with Crippen LogP contribution >= 0.6 is 11.3 Å². The van der Waals surface area contributed by atoms with Gasteiger partial charge in [0.25, 0.3) is 0 Å². The number of rotatable bonds is 5. The van der Waals surface area contributed by atoms with E-state index in [2.05, 4.69) is 178 Å². The monoisotopic (exact) mass is 683 g/mol. The molecular weight excluding hydrogens is 651 g/mol. The fourth-order valence-corrected chi connectivity index (χ4v) is 9.22. The molecular formula is C48H33N3S. The second-order valence-corrected chi connectivity index (χ2v) is 15.0. The summed E-state index contributed by atoms with van der Waals surface area (Å²) in [4.78, 5) is 16.0. The summed E-state index contributed by atoms with van der Waals surface area (Å²) in [5, 5.41) is 2.47. The van der Waals surface area contributed by atoms with Crippen LogP contribution in [0.1, 0.15) is 25.0 Å². The minimum Gasteiger partial charge on any atom is -0.208 e. The van der Waals surface area contributed by atoms with Gasteiger partial charge in [-0.05, 0) is 56.6 Å². The molecule has 0 radical (unpaired) electrons. The molecule has 10 rings (SSSR count). The van der Waals surface area contributed by atoms with Crippen molar-refractivity contribution in [1.82, 2.24) is 15.0 Å². The molecule has 0 saturated heterocycles. The van der Waals surface area contributed by atoms with Crippen LogP contribution in [-0.4, -0.2) is 15.0 Å². The number of hydrogen-bond acceptors (Lipinski definition) is 4. The maximum absolute atomic E-state index is 5.35. The zero-order chi connectivity index (χ0) is 34.8. The smallest absolute Gasteiger partial charge is 0.165 e. The lowest BCUT2D eigenvalue weighted by atomic mass is 9.82. The normalized spacial score (nSPS) is 13.0. The van der Waals surface area contributed by atoms with Gasteiger partial charge in [-0.1, -0.05) is 166 Å². The molecule has 0 amide bonds. The van der Waals surface area contributed by atoms with Crippen molar-refractivity contribution in [3.8, 4) is 67.5 Å². The number of nitrogens with zero attached hydrogens (tertiary/aromatic N) is 3. The first kappa shape index (κ1) is 30.6. The van der Waals surface area contributed by atoms with Crippen LogP contribution in [0.15, 0.2) is 164 Å². The summed E-state index contributed by atoms with van der Waals surface area (Å²) in [5.74, 6) is 2.01. The summed E-state index contributed by atoms with van der Waals surface area (Å²) in [6, 6.07) is 58.2. The molecule has 0 aliphatic heterocycles. The molecule has 4 heteroatoms. The van der Waals surface area contributed by atoms with E-state index in [4.69, 9.17) is 15.0 Å². The molecule has 0 saturated carbocycles. The maximum atomic E-state index is 5.35. The molecule has 0 unspecified atom stereocenters. The van der Waals surface area contributed by atoms with Crippen LogP contribution in [0.3, 0.4) is 0 Å². The van der Waals surface area contributed by atoms with Crippen molar-refractivity contribution in [3.05, 3.63) is 175 Å². The van der Waals surface area contributed by atoms with Crippen LogP contribution in [0.25, 0.3) is 87.7 Å². The number of aromatic nitrogens is 3. The predicted octanol–water partition coefficient (Wildman–Crippen LogP) is 12.9. The molecule has 1 aliphatic rings. The molecule has 3 nitrogen and oxygen atoms in total. The molecule has 0 N–H and O–H groups in total. The van der Waals surface area contributed by atoms with Gasteiger partial charge in [-0.25, -0.2) is 15.0 Å². The quantitative estimate of drug-likeness (QED) is 0.181. The van der Waals surface area contributed by atoms with Crippen molar-refractivity contribution in [2.45, 2.75) is 19.3 Å². The van der Waals surface area contributed by atoms with E-state index in [1.165, 1.54) is 53.6 Å². The molecule has 246 valence electrons. The van der Waals surface area contributed by atoms with E-state index in [0.29, 0.717) is 17.5 Å². The molecule has 1 aliphatic carbocycles. The zero-order valence-electron chi connectivity index (χ0n) is 28.8. The topological polar surface area (TPSA) is 38.7 Å². The Morgan fingerprint density at radius 2 is 0.904 bits per heavy atom. The Morgan fingerprint density at radius 1 is 0.385 bits per heavy atom. The standard InChI is InChI=1S/C48H33N3S/c1-48(2)40-23-10-8-19-37(40)43-38(21-13-24-41(43)48)46-49-45(50-47(51-46)39-22-12-20-35-34-17-9-11-25-42(34)52-44(35)39)36-18-7-6-16-33(36)32-28-26-31(27-29-32)30-14-4-3-5-15-30/h3-29H,1-2H3. The minimum atomic E-state index is -0.137. The third kappa shape index (κ3) is 4.83. The third-order valence-electron chi connectivity index (χ3n) is 10.6. The first-order valence-electron chi connectivity index (χ1n) is 17.7. The second kappa shape index (κ2) is 11.9. The lowest BCUT2D eigenvalue weighted by molar-refractivity contribution is 0.660. The first-order valence-corrected chi connectivity index (χ1v) is 18.5. The van der Waals surface area contributed by atoms with Gasteiger partial charge < -0.3 is 0 Å². The zero-order valence-corrected chi connectivity index (χ0v) is 29.7. The van der Waals surface area contributed by atoms with Crippen LogP contribution < -0.4 is 0 Å². The van der Waals surface area contributed by atoms with E-state index >= 15 is 0 Å². The van der Waals surface area contributed by atoms with E-state index < -0.39 is 0 Å². The van der Waals surface area contributed by atoms with Crippen molar-refractivity contribution in [2.75, 3.05) is 0 Å². The highest BCUT2D eigenvalue weighted by Crippen LogP contribution is 2.52. The molecule has 0 atom stereocenters. The van der Waals surface area contributed by atoms with Crippen LogP contribution in [0.5, 0.6) is 0 Å². The Hall–Kier alpha value is -6.23. The Balaban J connectivity index is 1.21. The van der Waals surface area contributed by atoms with E-state index in [9.17, 15) is 0 Å². The van der Waals surface area contributed by atoms with Crippen LogP contribution in [0.4, 0.5) is 0 Å². The summed E-state index contributed by atoms with van der Waals surface area (Å²) < 4.78 is 2.44. The average Bonchev–Trinajstić information content (AvgIpc) is 3.70. The Morgan fingerprint density at radius 3 is 1.71 bits per heavy atom.